The zero-order valence-corrected chi connectivity index (χ0v) is 19.7. The highest BCUT2D eigenvalue weighted by Crippen LogP contribution is 2.51. The first-order valence-corrected chi connectivity index (χ1v) is 13.0. The summed E-state index contributed by atoms with van der Waals surface area (Å²) in [6.45, 7) is 10.7. The minimum atomic E-state index is -3.05. The Morgan fingerprint density at radius 3 is 2.03 bits per heavy atom. The van der Waals surface area contributed by atoms with E-state index in [-0.39, 0.29) is 0 Å². The second kappa shape index (κ2) is 12.3. The van der Waals surface area contributed by atoms with Crippen molar-refractivity contribution in [2.75, 3.05) is 45.9 Å². The second-order valence-corrected chi connectivity index (χ2v) is 9.87. The summed E-state index contributed by atoms with van der Waals surface area (Å²) in [7, 11) is -3.05. The van der Waals surface area contributed by atoms with Gasteiger partial charge in [0.1, 0.15) is 0 Å². The first-order valence-electron chi connectivity index (χ1n) is 11.2. The lowest BCUT2D eigenvalue weighted by Crippen LogP contribution is -2.45. The van der Waals surface area contributed by atoms with Crippen LogP contribution in [0.4, 0.5) is 0 Å². The molecule has 31 heavy (non-hydrogen) atoms. The monoisotopic (exact) mass is 442 g/mol. The molecule has 1 heterocycles. The molecule has 1 aliphatic rings. The number of nitrogens with zero attached hydrogens (tertiary/aromatic N) is 2. The smallest absolute Gasteiger partial charge is 0.309 e. The summed E-state index contributed by atoms with van der Waals surface area (Å²) >= 11 is 0. The molecule has 0 aromatic heterocycles. The average molecular weight is 443 g/mol. The van der Waals surface area contributed by atoms with Crippen molar-refractivity contribution in [1.82, 2.24) is 9.80 Å². The zero-order chi connectivity index (χ0) is 21.9. The van der Waals surface area contributed by atoms with Crippen LogP contribution in [0.3, 0.4) is 0 Å². The molecule has 168 valence electrons. The van der Waals surface area contributed by atoms with Crippen LogP contribution < -0.4 is 0 Å². The van der Waals surface area contributed by atoms with Gasteiger partial charge in [0.25, 0.3) is 0 Å². The van der Waals surface area contributed by atoms with E-state index in [4.69, 9.17) is 9.05 Å². The van der Waals surface area contributed by atoms with E-state index in [0.717, 1.165) is 44.8 Å². The van der Waals surface area contributed by atoms with Crippen LogP contribution in [0.15, 0.2) is 60.7 Å². The van der Waals surface area contributed by atoms with Crippen molar-refractivity contribution in [2.24, 2.45) is 0 Å². The molecule has 0 aliphatic carbocycles. The molecule has 0 bridgehead atoms. The highest BCUT2D eigenvalue weighted by molar-refractivity contribution is 7.53. The first kappa shape index (κ1) is 23.9. The number of rotatable bonds is 11. The topological polar surface area (TPSA) is 42.0 Å². The Morgan fingerprint density at radius 2 is 1.42 bits per heavy atom. The molecule has 2 aromatic rings. The lowest BCUT2D eigenvalue weighted by atomic mass is 10.1. The molecule has 2 aromatic carbocycles. The summed E-state index contributed by atoms with van der Waals surface area (Å²) in [5, 5.41) is 0. The van der Waals surface area contributed by atoms with Crippen LogP contribution in [-0.2, 0) is 26.3 Å². The van der Waals surface area contributed by atoms with E-state index < -0.39 is 7.60 Å². The van der Waals surface area contributed by atoms with Gasteiger partial charge in [-0.05, 0) is 30.5 Å². The Balaban J connectivity index is 1.43. The molecular formula is C25H35N2O3P. The summed E-state index contributed by atoms with van der Waals surface area (Å²) in [4.78, 5) is 5.00. The highest BCUT2D eigenvalue weighted by Gasteiger charge is 2.24. The van der Waals surface area contributed by atoms with E-state index in [1.54, 1.807) is 0 Å². The van der Waals surface area contributed by atoms with Gasteiger partial charge in [-0.1, -0.05) is 66.7 Å². The highest BCUT2D eigenvalue weighted by atomic mass is 31.2. The molecule has 1 fully saturated rings. The average Bonchev–Trinajstić information content (AvgIpc) is 2.77. The second-order valence-electron chi connectivity index (χ2n) is 7.81. The summed E-state index contributed by atoms with van der Waals surface area (Å²) in [5.41, 5.74) is 3.52. The Kier molecular flexibility index (Phi) is 9.51. The fourth-order valence-electron chi connectivity index (χ4n) is 3.79. The predicted molar refractivity (Wildman–Crippen MR) is 128 cm³/mol. The fraction of sp³-hybridized carbons (Fsp3) is 0.440. The van der Waals surface area contributed by atoms with Crippen LogP contribution in [0.1, 0.15) is 30.5 Å². The van der Waals surface area contributed by atoms with Crippen molar-refractivity contribution in [3.05, 3.63) is 77.4 Å². The Bertz CT molecular complexity index is 837. The molecule has 0 spiro atoms. The lowest BCUT2D eigenvalue weighted by molar-refractivity contribution is 0.137. The lowest BCUT2D eigenvalue weighted by Gasteiger charge is -2.34. The van der Waals surface area contributed by atoms with Gasteiger partial charge in [-0.2, -0.15) is 0 Å². The predicted octanol–water partition coefficient (Wildman–Crippen LogP) is 5.28. The molecule has 1 aliphatic heterocycles. The van der Waals surface area contributed by atoms with Crippen molar-refractivity contribution in [2.45, 2.75) is 26.6 Å². The normalized spacial score (nSPS) is 16.2. The molecule has 0 atom stereocenters. The Labute approximate surface area is 187 Å². The van der Waals surface area contributed by atoms with Crippen molar-refractivity contribution >= 4 is 13.7 Å². The summed E-state index contributed by atoms with van der Waals surface area (Å²) in [6, 6.07) is 18.8. The van der Waals surface area contributed by atoms with Gasteiger partial charge in [0.15, 0.2) is 0 Å². The molecule has 3 rings (SSSR count). The van der Waals surface area contributed by atoms with Gasteiger partial charge in [-0.25, -0.2) is 0 Å². The molecule has 6 heteroatoms. The maximum absolute atomic E-state index is 12.7. The van der Waals surface area contributed by atoms with Crippen LogP contribution >= 0.6 is 7.60 Å². The molecule has 0 saturated carbocycles. The minimum absolute atomic E-state index is 0.324. The summed E-state index contributed by atoms with van der Waals surface area (Å²) < 4.78 is 23.5. The number of hydrogen-bond acceptors (Lipinski definition) is 5. The largest absolute Gasteiger partial charge is 0.335 e. The SMILES string of the molecule is CCOP(=O)(Cc1ccc(CN2CCN(C/C=C/c3ccccc3)CC2)cc1)OCC. The Morgan fingerprint density at radius 1 is 0.839 bits per heavy atom. The minimum Gasteiger partial charge on any atom is -0.309 e. The quantitative estimate of drug-likeness (QED) is 0.443. The Hall–Kier alpha value is -1.75. The van der Waals surface area contributed by atoms with Crippen LogP contribution in [-0.4, -0.2) is 55.7 Å². The molecule has 0 unspecified atom stereocenters. The van der Waals surface area contributed by atoms with E-state index >= 15 is 0 Å². The summed E-state index contributed by atoms with van der Waals surface area (Å²) in [5.74, 6) is 0. The van der Waals surface area contributed by atoms with E-state index in [1.165, 1.54) is 11.1 Å². The van der Waals surface area contributed by atoms with Crippen molar-refractivity contribution in [1.29, 1.82) is 0 Å². The third kappa shape index (κ3) is 8.03. The van der Waals surface area contributed by atoms with Gasteiger partial charge in [0.2, 0.25) is 0 Å². The molecule has 0 amide bonds. The van der Waals surface area contributed by atoms with E-state index in [1.807, 2.05) is 32.0 Å². The number of piperazine rings is 1. The number of benzene rings is 2. The first-order chi connectivity index (χ1) is 15.1. The molecular weight excluding hydrogens is 407 g/mol. The zero-order valence-electron chi connectivity index (χ0n) is 18.8. The van der Waals surface area contributed by atoms with Crippen molar-refractivity contribution < 1.29 is 13.6 Å². The molecule has 1 saturated heterocycles. The van der Waals surface area contributed by atoms with E-state index in [9.17, 15) is 4.57 Å². The third-order valence-electron chi connectivity index (χ3n) is 5.40. The fourth-order valence-corrected chi connectivity index (χ4v) is 5.49. The van der Waals surface area contributed by atoms with Crippen LogP contribution in [0.25, 0.3) is 6.08 Å². The third-order valence-corrected chi connectivity index (χ3v) is 7.45. The van der Waals surface area contributed by atoms with Crippen LogP contribution in [0.2, 0.25) is 0 Å². The summed E-state index contributed by atoms with van der Waals surface area (Å²) in [6.07, 6.45) is 4.78. The van der Waals surface area contributed by atoms with Gasteiger partial charge >= 0.3 is 7.60 Å². The maximum Gasteiger partial charge on any atom is 0.335 e. The van der Waals surface area contributed by atoms with Gasteiger partial charge in [-0.15, -0.1) is 0 Å². The molecule has 0 radical (unpaired) electrons. The van der Waals surface area contributed by atoms with E-state index in [0.29, 0.717) is 19.4 Å². The van der Waals surface area contributed by atoms with Gasteiger partial charge < -0.3 is 9.05 Å². The van der Waals surface area contributed by atoms with Crippen LogP contribution in [0.5, 0.6) is 0 Å². The molecule has 5 nitrogen and oxygen atoms in total. The van der Waals surface area contributed by atoms with Gasteiger partial charge in [0, 0.05) is 39.3 Å². The molecule has 0 N–H and O–H groups in total. The standard InChI is InChI=1S/C25H35N2O3P/c1-3-29-31(28,30-4-2)22-25-14-12-24(13-15-25)21-27-19-17-26(18-20-27)16-8-11-23-9-6-5-7-10-23/h5-15H,3-4,16-22H2,1-2H3/b11-8+. The van der Waals surface area contributed by atoms with Crippen LogP contribution in [0, 0.1) is 0 Å². The number of hydrogen-bond donors (Lipinski definition) is 0. The van der Waals surface area contributed by atoms with Gasteiger partial charge in [0.05, 0.1) is 19.4 Å². The van der Waals surface area contributed by atoms with Crippen molar-refractivity contribution in [3.8, 4) is 0 Å². The van der Waals surface area contributed by atoms with Crippen molar-refractivity contribution in [3.63, 3.8) is 0 Å². The van der Waals surface area contributed by atoms with E-state index in [2.05, 4.69) is 58.4 Å². The van der Waals surface area contributed by atoms with Gasteiger partial charge in [-0.3, -0.25) is 14.4 Å². The maximum atomic E-state index is 12.7.